The monoisotopic (exact) mass is 403 g/mol. The zero-order chi connectivity index (χ0) is 21.3. The Hall–Kier alpha value is -4.39. The summed E-state index contributed by atoms with van der Waals surface area (Å²) in [6.45, 7) is 2.40. The first-order chi connectivity index (χ1) is 14.4. The fourth-order valence-corrected chi connectivity index (χ4v) is 2.94. The van der Waals surface area contributed by atoms with E-state index in [4.69, 9.17) is 15.1 Å². The molecule has 4 rings (SSSR count). The number of fused-ring (bicyclic) bond motifs is 1. The van der Waals surface area contributed by atoms with E-state index in [0.29, 0.717) is 41.3 Å². The van der Waals surface area contributed by atoms with Gasteiger partial charge < -0.3 is 25.4 Å². The van der Waals surface area contributed by atoms with E-state index < -0.39 is 5.97 Å². The molecule has 4 heterocycles. The third-order valence-electron chi connectivity index (χ3n) is 4.50. The fourth-order valence-electron chi connectivity index (χ4n) is 2.94. The second-order valence-electron chi connectivity index (χ2n) is 6.65. The van der Waals surface area contributed by atoms with E-state index >= 15 is 0 Å². The number of anilines is 4. The molecule has 0 aromatic carbocycles. The van der Waals surface area contributed by atoms with Crippen LogP contribution in [0, 0.1) is 18.3 Å². The van der Waals surface area contributed by atoms with E-state index in [-0.39, 0.29) is 5.56 Å². The van der Waals surface area contributed by atoms with Crippen molar-refractivity contribution in [2.45, 2.75) is 6.92 Å². The lowest BCUT2D eigenvalue weighted by Gasteiger charge is -2.15. The summed E-state index contributed by atoms with van der Waals surface area (Å²) >= 11 is 0. The lowest BCUT2D eigenvalue weighted by atomic mass is 10.2. The number of nitrogens with zero attached hydrogens (tertiary/aromatic N) is 5. The Bertz CT molecular complexity index is 1170. The van der Waals surface area contributed by atoms with Gasteiger partial charge >= 0.3 is 5.97 Å². The van der Waals surface area contributed by atoms with Gasteiger partial charge in [0.15, 0.2) is 11.6 Å². The molecular formula is C20H17N7O3. The molecule has 1 aliphatic rings. The van der Waals surface area contributed by atoms with Gasteiger partial charge in [-0.05, 0) is 30.7 Å². The third-order valence-corrected chi connectivity index (χ3v) is 4.50. The minimum Gasteiger partial charge on any atom is -0.478 e. The number of pyridine rings is 3. The van der Waals surface area contributed by atoms with Crippen molar-refractivity contribution in [2.24, 2.45) is 0 Å². The number of nitrogens with one attached hydrogen (secondary N) is 2. The van der Waals surface area contributed by atoms with Crippen molar-refractivity contribution in [1.82, 2.24) is 15.0 Å². The fraction of sp³-hybridized carbons (Fsp3) is 0.150. The van der Waals surface area contributed by atoms with Gasteiger partial charge in [-0.1, -0.05) is 0 Å². The summed E-state index contributed by atoms with van der Waals surface area (Å²) in [6.07, 6.45) is 2.78. The van der Waals surface area contributed by atoms with Gasteiger partial charge in [-0.25, -0.2) is 14.8 Å². The molecule has 1 aliphatic heterocycles. The molecule has 0 spiro atoms. The molecule has 0 saturated carbocycles. The molecule has 3 N–H and O–H groups in total. The predicted octanol–water partition coefficient (Wildman–Crippen LogP) is 3.10. The highest BCUT2D eigenvalue weighted by Gasteiger charge is 2.23. The van der Waals surface area contributed by atoms with Crippen molar-refractivity contribution >= 4 is 29.0 Å². The maximum absolute atomic E-state index is 11.0. The van der Waals surface area contributed by atoms with Gasteiger partial charge in [-0.15, -0.1) is 0 Å². The Balaban J connectivity index is 1.67. The summed E-state index contributed by atoms with van der Waals surface area (Å²) in [7, 11) is 1.90. The SMILES string of the molecule is Cc1cc(C#N)ncc1Oc1cc(Nc2ccc(C(=O)O)cn2)c2c(n1)N(C)CN2. The Morgan fingerprint density at radius 1 is 1.33 bits per heavy atom. The maximum atomic E-state index is 11.0. The van der Waals surface area contributed by atoms with Gasteiger partial charge in [0.2, 0.25) is 5.88 Å². The minimum absolute atomic E-state index is 0.103. The van der Waals surface area contributed by atoms with Crippen LogP contribution >= 0.6 is 0 Å². The van der Waals surface area contributed by atoms with Crippen molar-refractivity contribution in [3.63, 3.8) is 0 Å². The number of carboxylic acids is 1. The van der Waals surface area contributed by atoms with Crippen LogP contribution in [0.2, 0.25) is 0 Å². The molecule has 3 aromatic heterocycles. The zero-order valence-corrected chi connectivity index (χ0v) is 16.2. The van der Waals surface area contributed by atoms with Crippen LogP contribution in [-0.2, 0) is 0 Å². The Kier molecular flexibility index (Phi) is 4.77. The average molecular weight is 403 g/mol. The first-order valence-corrected chi connectivity index (χ1v) is 8.95. The summed E-state index contributed by atoms with van der Waals surface area (Å²) < 4.78 is 5.94. The van der Waals surface area contributed by atoms with Gasteiger partial charge in [0, 0.05) is 19.3 Å². The van der Waals surface area contributed by atoms with E-state index in [9.17, 15) is 4.79 Å². The van der Waals surface area contributed by atoms with Crippen LogP contribution in [0.3, 0.4) is 0 Å². The molecule has 10 heteroatoms. The highest BCUT2D eigenvalue weighted by molar-refractivity contribution is 5.88. The molecule has 0 fully saturated rings. The molecule has 0 saturated heterocycles. The number of nitriles is 1. The molecule has 150 valence electrons. The van der Waals surface area contributed by atoms with Gasteiger partial charge in [0.05, 0.1) is 24.1 Å². The standard InChI is InChI=1S/C20H17N7O3/c1-11-5-13(7-21)22-9-15(11)30-17-6-14(18-19(26-17)27(2)10-24-18)25-16-4-3-12(8-23-16)20(28)29/h3-6,8-9,24H,10H2,1-2H3,(H,28,29)(H,23,25,26). The Labute approximate surface area is 171 Å². The van der Waals surface area contributed by atoms with Crippen LogP contribution in [0.4, 0.5) is 23.0 Å². The van der Waals surface area contributed by atoms with Gasteiger partial charge in [-0.2, -0.15) is 10.2 Å². The molecular weight excluding hydrogens is 386 g/mol. The van der Waals surface area contributed by atoms with Crippen LogP contribution in [0.1, 0.15) is 21.6 Å². The van der Waals surface area contributed by atoms with E-state index in [2.05, 4.69) is 25.6 Å². The Morgan fingerprint density at radius 3 is 2.83 bits per heavy atom. The number of ether oxygens (including phenoxy) is 1. The van der Waals surface area contributed by atoms with Crippen molar-refractivity contribution in [3.8, 4) is 17.7 Å². The average Bonchev–Trinajstić information content (AvgIpc) is 3.11. The first kappa shape index (κ1) is 18.9. The lowest BCUT2D eigenvalue weighted by Crippen LogP contribution is -2.16. The molecule has 0 atom stereocenters. The maximum Gasteiger partial charge on any atom is 0.337 e. The summed E-state index contributed by atoms with van der Waals surface area (Å²) in [5.41, 5.74) is 2.63. The number of rotatable bonds is 5. The van der Waals surface area contributed by atoms with Crippen LogP contribution < -0.4 is 20.3 Å². The van der Waals surface area contributed by atoms with E-state index in [1.165, 1.54) is 18.5 Å². The normalized spacial score (nSPS) is 12.0. The molecule has 0 unspecified atom stereocenters. The van der Waals surface area contributed by atoms with E-state index in [0.717, 1.165) is 11.3 Å². The zero-order valence-electron chi connectivity index (χ0n) is 16.2. The number of aromatic carboxylic acids is 1. The first-order valence-electron chi connectivity index (χ1n) is 8.95. The van der Waals surface area contributed by atoms with Crippen molar-refractivity contribution in [1.29, 1.82) is 5.26 Å². The summed E-state index contributed by atoms with van der Waals surface area (Å²) in [6, 6.07) is 8.42. The van der Waals surface area contributed by atoms with Gasteiger partial charge in [-0.3, -0.25) is 0 Å². The summed E-state index contributed by atoms with van der Waals surface area (Å²) in [4.78, 5) is 25.7. The number of aryl methyl sites for hydroxylation is 1. The van der Waals surface area contributed by atoms with E-state index in [1.54, 1.807) is 18.2 Å². The highest BCUT2D eigenvalue weighted by Crippen LogP contribution is 2.40. The van der Waals surface area contributed by atoms with Crippen molar-refractivity contribution in [2.75, 3.05) is 29.2 Å². The second kappa shape index (κ2) is 7.56. The Morgan fingerprint density at radius 2 is 2.17 bits per heavy atom. The van der Waals surface area contributed by atoms with Crippen LogP contribution in [0.5, 0.6) is 11.6 Å². The number of hydrogen-bond donors (Lipinski definition) is 3. The lowest BCUT2D eigenvalue weighted by molar-refractivity contribution is 0.0696. The smallest absolute Gasteiger partial charge is 0.337 e. The molecule has 3 aromatic rings. The van der Waals surface area contributed by atoms with Crippen molar-refractivity contribution in [3.05, 3.63) is 53.5 Å². The highest BCUT2D eigenvalue weighted by atomic mass is 16.5. The molecule has 0 aliphatic carbocycles. The van der Waals surface area contributed by atoms with Gasteiger partial charge in [0.25, 0.3) is 0 Å². The van der Waals surface area contributed by atoms with Crippen LogP contribution in [-0.4, -0.2) is 39.7 Å². The van der Waals surface area contributed by atoms with Crippen LogP contribution in [0.15, 0.2) is 36.7 Å². The third kappa shape index (κ3) is 3.64. The molecule has 0 amide bonds. The number of hydrogen-bond acceptors (Lipinski definition) is 9. The number of aromatic nitrogens is 3. The minimum atomic E-state index is -1.04. The quantitative estimate of drug-likeness (QED) is 0.583. The molecule has 0 radical (unpaired) electrons. The second-order valence-corrected chi connectivity index (χ2v) is 6.65. The summed E-state index contributed by atoms with van der Waals surface area (Å²) in [5, 5.41) is 24.4. The number of carbonyl (C=O) groups is 1. The summed E-state index contributed by atoms with van der Waals surface area (Å²) in [5.74, 6) is 0.959. The molecule has 10 nitrogen and oxygen atoms in total. The number of carboxylic acid groups (broad SMARTS) is 1. The predicted molar refractivity (Wildman–Crippen MR) is 109 cm³/mol. The van der Waals surface area contributed by atoms with Gasteiger partial charge in [0.1, 0.15) is 23.3 Å². The topological polar surface area (TPSA) is 136 Å². The van der Waals surface area contributed by atoms with Crippen molar-refractivity contribution < 1.29 is 14.6 Å². The van der Waals surface area contributed by atoms with E-state index in [1.807, 2.05) is 24.9 Å². The van der Waals surface area contributed by atoms with Crippen LogP contribution in [0.25, 0.3) is 0 Å². The molecule has 0 bridgehead atoms. The molecule has 30 heavy (non-hydrogen) atoms. The largest absolute Gasteiger partial charge is 0.478 e.